The van der Waals surface area contributed by atoms with Crippen LogP contribution < -0.4 is 19.5 Å². The summed E-state index contributed by atoms with van der Waals surface area (Å²) in [6.45, 7) is 1.24. The van der Waals surface area contributed by atoms with Gasteiger partial charge in [-0.05, 0) is 67.2 Å². The van der Waals surface area contributed by atoms with Crippen molar-refractivity contribution in [3.63, 3.8) is 0 Å². The monoisotopic (exact) mass is 599 g/mol. The van der Waals surface area contributed by atoms with Gasteiger partial charge in [-0.2, -0.15) is 0 Å². The largest absolute Gasteiger partial charge is 0.507 e. The molecule has 0 saturated carbocycles. The molecule has 0 aliphatic heterocycles. The molecule has 3 N–H and O–H groups in total. The molecule has 0 radical (unpaired) electrons. The second-order valence-corrected chi connectivity index (χ2v) is 11.7. The molecule has 0 bridgehead atoms. The number of amides is 1. The van der Waals surface area contributed by atoms with E-state index in [9.17, 15) is 18.3 Å². The highest BCUT2D eigenvalue weighted by Crippen LogP contribution is 2.46. The highest BCUT2D eigenvalue weighted by Gasteiger charge is 2.23. The second kappa shape index (κ2) is 12.6. The van der Waals surface area contributed by atoms with Crippen LogP contribution in [-0.4, -0.2) is 58.8 Å². The Morgan fingerprint density at radius 3 is 2.28 bits per heavy atom. The molecular formula is C33H33N3O6S. The molecule has 0 aliphatic carbocycles. The molecule has 0 spiro atoms. The summed E-state index contributed by atoms with van der Waals surface area (Å²) in [6, 6.07) is 25.7. The number of nitrogens with one attached hydrogen (secondary N) is 2. The lowest BCUT2D eigenvalue weighted by molar-refractivity contribution is 0.163. The van der Waals surface area contributed by atoms with E-state index in [1.807, 2.05) is 37.4 Å². The number of carbonyl (C=O) groups is 1. The Balaban J connectivity index is 1.66. The van der Waals surface area contributed by atoms with Gasteiger partial charge in [0.1, 0.15) is 17.2 Å². The third kappa shape index (κ3) is 6.20. The van der Waals surface area contributed by atoms with Gasteiger partial charge in [0.2, 0.25) is 0 Å². The first kappa shape index (κ1) is 29.7. The maximum absolute atomic E-state index is 13.5. The summed E-state index contributed by atoms with van der Waals surface area (Å²) in [7, 11) is 1.000. The Labute approximate surface area is 250 Å². The van der Waals surface area contributed by atoms with Gasteiger partial charge in [0.05, 0.1) is 17.7 Å². The lowest BCUT2D eigenvalue weighted by atomic mass is 9.93. The van der Waals surface area contributed by atoms with Gasteiger partial charge in [-0.1, -0.05) is 54.6 Å². The third-order valence-corrected chi connectivity index (χ3v) is 8.60. The Hall–Kier alpha value is -4.80. The number of hydrogen-bond donors (Lipinski definition) is 3. The van der Waals surface area contributed by atoms with Crippen LogP contribution in [0.3, 0.4) is 0 Å². The van der Waals surface area contributed by atoms with Crippen LogP contribution in [0, 0.1) is 0 Å². The first-order chi connectivity index (χ1) is 20.7. The molecule has 9 nitrogen and oxygen atoms in total. The number of anilines is 1. The van der Waals surface area contributed by atoms with Crippen LogP contribution in [0.15, 0.2) is 95.9 Å². The summed E-state index contributed by atoms with van der Waals surface area (Å²) in [5, 5.41) is 17.2. The van der Waals surface area contributed by atoms with E-state index in [2.05, 4.69) is 10.0 Å². The van der Waals surface area contributed by atoms with Gasteiger partial charge < -0.3 is 24.8 Å². The molecule has 5 aromatic rings. The molecular weight excluding hydrogens is 566 g/mol. The molecule has 10 heteroatoms. The molecule has 0 aromatic heterocycles. The maximum Gasteiger partial charge on any atom is 0.414 e. The number of carbonyl (C=O) groups excluding carboxylic acids is 1. The Bertz CT molecular complexity index is 1890. The normalized spacial score (nSPS) is 11.4. The van der Waals surface area contributed by atoms with Crippen LogP contribution in [0.1, 0.15) is 6.42 Å². The fourth-order valence-corrected chi connectivity index (χ4v) is 6.03. The van der Waals surface area contributed by atoms with E-state index in [1.165, 1.54) is 24.1 Å². The second-order valence-electron chi connectivity index (χ2n) is 10.1. The average molecular weight is 600 g/mol. The molecule has 43 heavy (non-hydrogen) atoms. The Kier molecular flexibility index (Phi) is 8.70. The van der Waals surface area contributed by atoms with E-state index in [-0.39, 0.29) is 22.1 Å². The minimum absolute atomic E-state index is 0.0492. The summed E-state index contributed by atoms with van der Waals surface area (Å²) < 4.78 is 40.8. The van der Waals surface area contributed by atoms with Crippen molar-refractivity contribution in [1.29, 1.82) is 0 Å². The zero-order chi connectivity index (χ0) is 30.6. The summed E-state index contributed by atoms with van der Waals surface area (Å²) in [6.07, 6.45) is 0.198. The zero-order valence-electron chi connectivity index (χ0n) is 24.1. The summed E-state index contributed by atoms with van der Waals surface area (Å²) >= 11 is 0. The predicted molar refractivity (Wildman–Crippen MR) is 170 cm³/mol. The lowest BCUT2D eigenvalue weighted by Crippen LogP contribution is -2.32. The van der Waals surface area contributed by atoms with E-state index >= 15 is 0 Å². The Morgan fingerprint density at radius 1 is 0.907 bits per heavy atom. The van der Waals surface area contributed by atoms with E-state index in [1.54, 1.807) is 55.6 Å². The molecule has 0 heterocycles. The van der Waals surface area contributed by atoms with Crippen LogP contribution in [-0.2, 0) is 10.0 Å². The summed E-state index contributed by atoms with van der Waals surface area (Å²) in [4.78, 5) is 14.6. The quantitative estimate of drug-likeness (QED) is 0.129. The van der Waals surface area contributed by atoms with E-state index < -0.39 is 16.1 Å². The van der Waals surface area contributed by atoms with Crippen molar-refractivity contribution < 1.29 is 27.8 Å². The fraction of sp³-hybridized carbons (Fsp3) is 0.182. The van der Waals surface area contributed by atoms with Gasteiger partial charge in [-0.15, -0.1) is 0 Å². The van der Waals surface area contributed by atoms with Crippen molar-refractivity contribution in [2.24, 2.45) is 0 Å². The molecule has 0 saturated heterocycles. The smallest absolute Gasteiger partial charge is 0.414 e. The van der Waals surface area contributed by atoms with Gasteiger partial charge in [0.15, 0.2) is 0 Å². The number of ether oxygens (including phenoxy) is 2. The standard InChI is InChI=1S/C33H33N3O6S/c1-34-19-8-20-36(2)33(38)42-30-18-13-22-9-4-5-10-25(22)31(30)28-21-29(26-11-6-7-12-27(26)32(28)37)35-43(39,40)24-16-14-23(41-3)15-17-24/h4-7,9-18,21,34-35,37H,8,19-20H2,1-3H3. The van der Waals surface area contributed by atoms with Crippen molar-refractivity contribution >= 4 is 43.3 Å². The first-order valence-electron chi connectivity index (χ1n) is 13.7. The number of benzene rings is 5. The number of methoxy groups -OCH3 is 1. The molecule has 0 fully saturated rings. The van der Waals surface area contributed by atoms with Crippen LogP contribution in [0.5, 0.6) is 17.2 Å². The minimum Gasteiger partial charge on any atom is -0.507 e. The highest BCUT2D eigenvalue weighted by atomic mass is 32.2. The van der Waals surface area contributed by atoms with Crippen LogP contribution in [0.4, 0.5) is 10.5 Å². The number of phenolic OH excluding ortho intramolecular Hbond substituents is 1. The van der Waals surface area contributed by atoms with E-state index in [0.29, 0.717) is 34.2 Å². The Morgan fingerprint density at radius 2 is 1.58 bits per heavy atom. The van der Waals surface area contributed by atoms with Crippen molar-refractivity contribution in [1.82, 2.24) is 10.2 Å². The number of aromatic hydroxyl groups is 1. The van der Waals surface area contributed by atoms with Crippen molar-refractivity contribution in [3.8, 4) is 28.4 Å². The number of hydrogen-bond acceptors (Lipinski definition) is 7. The van der Waals surface area contributed by atoms with Crippen molar-refractivity contribution in [2.75, 3.05) is 39.0 Å². The minimum atomic E-state index is -4.02. The van der Waals surface area contributed by atoms with Crippen molar-refractivity contribution in [2.45, 2.75) is 11.3 Å². The number of rotatable bonds is 10. The third-order valence-electron chi connectivity index (χ3n) is 7.22. The van der Waals surface area contributed by atoms with Gasteiger partial charge in [0, 0.05) is 35.5 Å². The van der Waals surface area contributed by atoms with Gasteiger partial charge >= 0.3 is 6.09 Å². The lowest BCUT2D eigenvalue weighted by Gasteiger charge is -2.21. The first-order valence-corrected chi connectivity index (χ1v) is 15.2. The van der Waals surface area contributed by atoms with Crippen LogP contribution in [0.2, 0.25) is 0 Å². The molecule has 0 unspecified atom stereocenters. The number of sulfonamides is 1. The summed E-state index contributed by atoms with van der Waals surface area (Å²) in [5.74, 6) is 0.694. The van der Waals surface area contributed by atoms with Crippen LogP contribution in [0.25, 0.3) is 32.7 Å². The average Bonchev–Trinajstić information content (AvgIpc) is 3.02. The van der Waals surface area contributed by atoms with E-state index in [4.69, 9.17) is 9.47 Å². The number of phenols is 1. The molecule has 5 aromatic carbocycles. The predicted octanol–water partition coefficient (Wildman–Crippen LogP) is 6.22. The molecule has 1 amide bonds. The highest BCUT2D eigenvalue weighted by molar-refractivity contribution is 7.92. The summed E-state index contributed by atoms with van der Waals surface area (Å²) in [5.41, 5.74) is 1.03. The molecule has 222 valence electrons. The van der Waals surface area contributed by atoms with E-state index in [0.717, 1.165) is 23.7 Å². The van der Waals surface area contributed by atoms with Crippen molar-refractivity contribution in [3.05, 3.63) is 91.0 Å². The molecule has 0 atom stereocenters. The molecule has 0 aliphatic rings. The number of fused-ring (bicyclic) bond motifs is 2. The fourth-order valence-electron chi connectivity index (χ4n) is 4.96. The van der Waals surface area contributed by atoms with Crippen LogP contribution >= 0.6 is 0 Å². The van der Waals surface area contributed by atoms with Gasteiger partial charge in [-0.3, -0.25) is 4.72 Å². The van der Waals surface area contributed by atoms with Gasteiger partial charge in [-0.25, -0.2) is 13.2 Å². The maximum atomic E-state index is 13.5. The molecule has 5 rings (SSSR count). The number of nitrogens with zero attached hydrogens (tertiary/aromatic N) is 1. The van der Waals surface area contributed by atoms with Gasteiger partial charge in [0.25, 0.3) is 10.0 Å². The zero-order valence-corrected chi connectivity index (χ0v) is 24.9. The SMILES string of the molecule is CNCCCN(C)C(=O)Oc1ccc2ccccc2c1-c1cc(NS(=O)(=O)c2ccc(OC)cc2)c2ccccc2c1O. The topological polar surface area (TPSA) is 117 Å².